The number of carbonyl (C=O) groups is 2. The molecule has 0 saturated heterocycles. The summed E-state index contributed by atoms with van der Waals surface area (Å²) in [6.45, 7) is 0. The van der Waals surface area contributed by atoms with Crippen molar-refractivity contribution in [2.24, 2.45) is 7.05 Å². The largest absolute Gasteiger partial charge is 0.479 e. The first-order chi connectivity index (χ1) is 12.1. The highest BCUT2D eigenvalue weighted by Crippen LogP contribution is 2.18. The van der Waals surface area contributed by atoms with Crippen molar-refractivity contribution < 1.29 is 18.8 Å². The van der Waals surface area contributed by atoms with Gasteiger partial charge in [-0.15, -0.1) is 5.10 Å². The van der Waals surface area contributed by atoms with Crippen LogP contribution in [0.25, 0.3) is 0 Å². The number of carbonyl (C=O) groups excluding carboxylic acids is 2. The number of anilines is 2. The Kier molecular flexibility index (Phi) is 4.46. The topological polar surface area (TPSA) is 111 Å². The summed E-state index contributed by atoms with van der Waals surface area (Å²) in [5, 5.41) is 12.9. The number of benzene rings is 1. The number of hydrogen-bond acceptors (Lipinski definition) is 6. The van der Waals surface area contributed by atoms with Crippen molar-refractivity contribution in [2.45, 2.75) is 0 Å². The summed E-state index contributed by atoms with van der Waals surface area (Å²) in [7, 11) is 3.14. The molecule has 9 heteroatoms. The van der Waals surface area contributed by atoms with Crippen LogP contribution < -0.4 is 15.4 Å². The number of nitrogens with zero attached hydrogens (tertiary/aromatic N) is 3. The minimum absolute atomic E-state index is 0.239. The average Bonchev–Trinajstić information content (AvgIpc) is 3.24. The molecule has 0 unspecified atom stereocenters. The maximum Gasteiger partial charge on any atom is 0.262 e. The Labute approximate surface area is 142 Å². The molecule has 3 aromatic rings. The van der Waals surface area contributed by atoms with Crippen LogP contribution in [0, 0.1) is 0 Å². The predicted molar refractivity (Wildman–Crippen MR) is 88.6 cm³/mol. The molecule has 0 fully saturated rings. The van der Waals surface area contributed by atoms with Crippen LogP contribution >= 0.6 is 0 Å². The van der Waals surface area contributed by atoms with Gasteiger partial charge in [-0.3, -0.25) is 14.3 Å². The Bertz CT molecular complexity index is 884. The minimum Gasteiger partial charge on any atom is -0.479 e. The van der Waals surface area contributed by atoms with Crippen molar-refractivity contribution in [1.82, 2.24) is 14.9 Å². The number of aryl methyl sites for hydroxylation is 1. The van der Waals surface area contributed by atoms with Crippen molar-refractivity contribution in [3.63, 3.8) is 0 Å². The Morgan fingerprint density at radius 1 is 1.12 bits per heavy atom. The molecule has 128 valence electrons. The molecule has 1 aromatic carbocycles. The molecule has 25 heavy (non-hydrogen) atoms. The molecule has 2 aromatic heterocycles. The highest BCUT2D eigenvalue weighted by molar-refractivity contribution is 6.07. The first kappa shape index (κ1) is 16.2. The number of methoxy groups -OCH3 is 1. The molecular weight excluding hydrogens is 326 g/mol. The van der Waals surface area contributed by atoms with E-state index in [9.17, 15) is 9.59 Å². The number of hydrogen-bond donors (Lipinski definition) is 2. The van der Waals surface area contributed by atoms with Crippen LogP contribution in [0.5, 0.6) is 5.88 Å². The summed E-state index contributed by atoms with van der Waals surface area (Å²) in [6.07, 6.45) is 2.93. The van der Waals surface area contributed by atoms with Gasteiger partial charge in [-0.2, -0.15) is 0 Å². The molecule has 0 aliphatic rings. The van der Waals surface area contributed by atoms with Gasteiger partial charge in [0.25, 0.3) is 11.8 Å². The third-order valence-electron chi connectivity index (χ3n) is 3.32. The Morgan fingerprint density at radius 2 is 1.88 bits per heavy atom. The Hall–Kier alpha value is -3.62. The zero-order valence-corrected chi connectivity index (χ0v) is 13.5. The monoisotopic (exact) mass is 341 g/mol. The SMILES string of the molecule is COc1nn(C)cc1C(=O)Nc1ccc(C(=O)Nc2ccon2)cc1. The molecule has 0 bridgehead atoms. The van der Waals surface area contributed by atoms with Gasteiger partial charge in [-0.25, -0.2) is 0 Å². The average molecular weight is 341 g/mol. The van der Waals surface area contributed by atoms with Crippen molar-refractivity contribution >= 4 is 23.3 Å². The van der Waals surface area contributed by atoms with Crippen molar-refractivity contribution in [1.29, 1.82) is 0 Å². The summed E-state index contributed by atoms with van der Waals surface area (Å²) < 4.78 is 11.2. The van der Waals surface area contributed by atoms with Crippen LogP contribution in [0.2, 0.25) is 0 Å². The summed E-state index contributed by atoms with van der Waals surface area (Å²) in [5.74, 6) is -0.125. The van der Waals surface area contributed by atoms with Gasteiger partial charge in [0, 0.05) is 30.6 Å². The van der Waals surface area contributed by atoms with E-state index in [0.717, 1.165) is 0 Å². The van der Waals surface area contributed by atoms with E-state index < -0.39 is 0 Å². The number of nitrogens with one attached hydrogen (secondary N) is 2. The molecule has 2 N–H and O–H groups in total. The maximum atomic E-state index is 12.3. The van der Waals surface area contributed by atoms with E-state index >= 15 is 0 Å². The second kappa shape index (κ2) is 6.87. The van der Waals surface area contributed by atoms with E-state index in [1.165, 1.54) is 24.1 Å². The van der Waals surface area contributed by atoms with E-state index in [2.05, 4.69) is 25.4 Å². The molecule has 0 atom stereocenters. The standard InChI is InChI=1S/C16H15N5O4/c1-21-9-12(16(19-21)24-2)15(23)17-11-5-3-10(4-6-11)14(22)18-13-7-8-25-20-13/h3-9H,1-2H3,(H,17,23)(H,18,20,22). The van der Waals surface area contributed by atoms with Gasteiger partial charge in [0.15, 0.2) is 5.82 Å². The third-order valence-corrected chi connectivity index (χ3v) is 3.32. The fourth-order valence-corrected chi connectivity index (χ4v) is 2.14. The fourth-order valence-electron chi connectivity index (χ4n) is 2.14. The van der Waals surface area contributed by atoms with Gasteiger partial charge in [0.05, 0.1) is 7.11 Å². The molecule has 2 heterocycles. The van der Waals surface area contributed by atoms with Gasteiger partial charge in [0.2, 0.25) is 5.88 Å². The highest BCUT2D eigenvalue weighted by Gasteiger charge is 2.16. The fraction of sp³-hybridized carbons (Fsp3) is 0.125. The molecule has 0 radical (unpaired) electrons. The second-order valence-corrected chi connectivity index (χ2v) is 5.10. The van der Waals surface area contributed by atoms with Gasteiger partial charge >= 0.3 is 0 Å². The highest BCUT2D eigenvalue weighted by atomic mass is 16.5. The van der Waals surface area contributed by atoms with E-state index in [0.29, 0.717) is 22.6 Å². The Morgan fingerprint density at radius 3 is 2.52 bits per heavy atom. The molecular formula is C16H15N5O4. The molecule has 0 aliphatic heterocycles. The van der Waals surface area contributed by atoms with Crippen molar-refractivity contribution in [3.8, 4) is 5.88 Å². The smallest absolute Gasteiger partial charge is 0.262 e. The summed E-state index contributed by atoms with van der Waals surface area (Å²) >= 11 is 0. The lowest BCUT2D eigenvalue weighted by Crippen LogP contribution is -2.14. The minimum atomic E-state index is -0.357. The van der Waals surface area contributed by atoms with Crippen LogP contribution in [0.3, 0.4) is 0 Å². The number of ether oxygens (including phenoxy) is 1. The van der Waals surface area contributed by atoms with E-state index in [4.69, 9.17) is 4.74 Å². The zero-order valence-electron chi connectivity index (χ0n) is 13.5. The predicted octanol–water partition coefficient (Wildman–Crippen LogP) is 1.92. The summed E-state index contributed by atoms with van der Waals surface area (Å²) in [5.41, 5.74) is 1.27. The zero-order chi connectivity index (χ0) is 17.8. The summed E-state index contributed by atoms with van der Waals surface area (Å²) in [6, 6.07) is 7.96. The normalized spacial score (nSPS) is 10.3. The lowest BCUT2D eigenvalue weighted by Gasteiger charge is -2.06. The molecule has 0 aliphatic carbocycles. The van der Waals surface area contributed by atoms with Crippen LogP contribution in [-0.4, -0.2) is 33.9 Å². The lowest BCUT2D eigenvalue weighted by molar-refractivity contribution is 0.101. The molecule has 0 saturated carbocycles. The lowest BCUT2D eigenvalue weighted by atomic mass is 10.2. The van der Waals surface area contributed by atoms with E-state index in [-0.39, 0.29) is 17.7 Å². The maximum absolute atomic E-state index is 12.3. The van der Waals surface area contributed by atoms with Gasteiger partial charge in [-0.1, -0.05) is 5.16 Å². The molecule has 0 spiro atoms. The van der Waals surface area contributed by atoms with Crippen LogP contribution in [0.1, 0.15) is 20.7 Å². The molecule has 9 nitrogen and oxygen atoms in total. The van der Waals surface area contributed by atoms with Crippen molar-refractivity contribution in [3.05, 3.63) is 53.9 Å². The molecule has 3 rings (SSSR count). The van der Waals surface area contributed by atoms with Crippen LogP contribution in [-0.2, 0) is 7.05 Å². The van der Waals surface area contributed by atoms with Crippen molar-refractivity contribution in [2.75, 3.05) is 17.7 Å². The van der Waals surface area contributed by atoms with Crippen LogP contribution in [0.15, 0.2) is 47.3 Å². The first-order valence-corrected chi connectivity index (χ1v) is 7.27. The summed E-state index contributed by atoms with van der Waals surface area (Å²) in [4.78, 5) is 24.3. The van der Waals surface area contributed by atoms with Gasteiger partial charge < -0.3 is 19.9 Å². The van der Waals surface area contributed by atoms with Gasteiger partial charge in [0.1, 0.15) is 11.8 Å². The number of aromatic nitrogens is 3. The number of rotatable bonds is 5. The third kappa shape index (κ3) is 3.66. The first-order valence-electron chi connectivity index (χ1n) is 7.27. The van der Waals surface area contributed by atoms with Crippen LogP contribution in [0.4, 0.5) is 11.5 Å². The number of amides is 2. The van der Waals surface area contributed by atoms with E-state index in [1.807, 2.05) is 0 Å². The second-order valence-electron chi connectivity index (χ2n) is 5.10. The van der Waals surface area contributed by atoms with E-state index in [1.54, 1.807) is 37.5 Å². The molecule has 2 amide bonds. The quantitative estimate of drug-likeness (QED) is 0.733. The van der Waals surface area contributed by atoms with Gasteiger partial charge in [-0.05, 0) is 24.3 Å². The Balaban J connectivity index is 1.68.